The van der Waals surface area contributed by atoms with Gasteiger partial charge in [-0.05, 0) is 42.7 Å². The number of thioether (sulfide) groups is 1. The molecule has 3 aliphatic rings. The summed E-state index contributed by atoms with van der Waals surface area (Å²) < 4.78 is 0. The van der Waals surface area contributed by atoms with E-state index in [1.54, 1.807) is 22.7 Å². The summed E-state index contributed by atoms with van der Waals surface area (Å²) in [6.45, 7) is 0.943. The van der Waals surface area contributed by atoms with Crippen LogP contribution < -0.4 is 4.90 Å². The second-order valence-electron chi connectivity index (χ2n) is 8.11. The minimum atomic E-state index is -1.03. The lowest BCUT2D eigenvalue weighted by molar-refractivity contribution is -0.143. The molecule has 2 amide bonds. The summed E-state index contributed by atoms with van der Waals surface area (Å²) in [4.78, 5) is 30.0. The highest BCUT2D eigenvalue weighted by Gasteiger charge is 2.60. The highest BCUT2D eigenvalue weighted by atomic mass is 35.5. The van der Waals surface area contributed by atoms with Crippen LogP contribution in [0, 0.1) is 5.92 Å². The normalized spacial score (nSPS) is 23.6. The van der Waals surface area contributed by atoms with Gasteiger partial charge in [0, 0.05) is 33.8 Å². The van der Waals surface area contributed by atoms with Crippen molar-refractivity contribution in [2.75, 3.05) is 17.2 Å². The molecule has 2 heterocycles. The van der Waals surface area contributed by atoms with Gasteiger partial charge < -0.3 is 9.80 Å². The van der Waals surface area contributed by atoms with Gasteiger partial charge in [0.15, 0.2) is 4.87 Å². The third kappa shape index (κ3) is 3.05. The highest BCUT2D eigenvalue weighted by molar-refractivity contribution is 8.01. The van der Waals surface area contributed by atoms with Crippen LogP contribution in [0.1, 0.15) is 36.8 Å². The zero-order chi connectivity index (χ0) is 20.9. The monoisotopic (exact) mass is 460 g/mol. The Kier molecular flexibility index (Phi) is 5.24. The van der Waals surface area contributed by atoms with Crippen LogP contribution in [-0.2, 0) is 21.0 Å². The molecular formula is C23H22Cl2N2O2S. The fraction of sp³-hybridized carbons (Fsp3) is 0.391. The van der Waals surface area contributed by atoms with E-state index in [9.17, 15) is 9.59 Å². The molecule has 1 saturated heterocycles. The first kappa shape index (κ1) is 20.2. The van der Waals surface area contributed by atoms with E-state index in [1.807, 2.05) is 41.3 Å². The Morgan fingerprint density at radius 2 is 1.90 bits per heavy atom. The lowest BCUT2D eigenvalue weighted by Crippen LogP contribution is -2.51. The van der Waals surface area contributed by atoms with Crippen molar-refractivity contribution in [2.24, 2.45) is 5.92 Å². The Labute approximate surface area is 190 Å². The number of rotatable bonds is 3. The molecule has 1 atom stereocenters. The van der Waals surface area contributed by atoms with Crippen LogP contribution in [-0.4, -0.2) is 29.0 Å². The van der Waals surface area contributed by atoms with Gasteiger partial charge >= 0.3 is 0 Å². The topological polar surface area (TPSA) is 40.6 Å². The van der Waals surface area contributed by atoms with Gasteiger partial charge in [0.2, 0.25) is 5.91 Å². The molecule has 2 aromatic rings. The Morgan fingerprint density at radius 3 is 2.67 bits per heavy atom. The molecule has 1 aliphatic carbocycles. The quantitative estimate of drug-likeness (QED) is 0.610. The van der Waals surface area contributed by atoms with Crippen molar-refractivity contribution in [3.63, 3.8) is 0 Å². The molecule has 30 heavy (non-hydrogen) atoms. The third-order valence-electron chi connectivity index (χ3n) is 6.41. The maximum atomic E-state index is 14.0. The van der Waals surface area contributed by atoms with Gasteiger partial charge in [0.25, 0.3) is 5.91 Å². The molecule has 0 radical (unpaired) electrons. The van der Waals surface area contributed by atoms with Gasteiger partial charge in [-0.2, -0.15) is 0 Å². The van der Waals surface area contributed by atoms with E-state index in [4.69, 9.17) is 23.2 Å². The van der Waals surface area contributed by atoms with Crippen LogP contribution in [0.3, 0.4) is 0 Å². The largest absolute Gasteiger partial charge is 0.315 e. The van der Waals surface area contributed by atoms with Crippen LogP contribution in [0.2, 0.25) is 10.0 Å². The standard InChI is InChI=1S/C23H22Cl2N2O2S/c24-17-9-10-20-18(13-17)23(22(29)26(20)14-16-7-3-4-8-19(16)25)27(11-12-30-23)21(28)15-5-1-2-6-15/h3-4,7-10,13,15H,1-2,5-6,11-12,14H2/t23-/m1/s1. The summed E-state index contributed by atoms with van der Waals surface area (Å²) in [6.07, 6.45) is 3.99. The van der Waals surface area contributed by atoms with Gasteiger partial charge in [0.1, 0.15) is 0 Å². The molecule has 2 aromatic carbocycles. The summed E-state index contributed by atoms with van der Waals surface area (Å²) in [5.74, 6) is 0.786. The number of carbonyl (C=O) groups excluding carboxylic acids is 2. The zero-order valence-corrected chi connectivity index (χ0v) is 18.8. The van der Waals surface area contributed by atoms with Gasteiger partial charge in [-0.1, -0.05) is 54.2 Å². The van der Waals surface area contributed by atoms with Gasteiger partial charge in [-0.3, -0.25) is 9.59 Å². The summed E-state index contributed by atoms with van der Waals surface area (Å²) in [6, 6.07) is 13.1. The summed E-state index contributed by atoms with van der Waals surface area (Å²) in [5.41, 5.74) is 2.51. The maximum Gasteiger partial charge on any atom is 0.268 e. The first-order chi connectivity index (χ1) is 14.5. The predicted octanol–water partition coefficient (Wildman–Crippen LogP) is 5.46. The number of hydrogen-bond acceptors (Lipinski definition) is 3. The Hall–Kier alpha value is -1.69. The SMILES string of the molecule is O=C(C1CCCC1)N1CCS[C@]12C(=O)N(Cc1ccccc1Cl)c1ccc(Cl)cc12. The summed E-state index contributed by atoms with van der Waals surface area (Å²) in [5, 5.41) is 1.20. The molecular weight excluding hydrogens is 439 g/mol. The molecule has 4 nitrogen and oxygen atoms in total. The lowest BCUT2D eigenvalue weighted by atomic mass is 10.0. The van der Waals surface area contributed by atoms with Crippen LogP contribution in [0.25, 0.3) is 0 Å². The van der Waals surface area contributed by atoms with Crippen LogP contribution in [0.5, 0.6) is 0 Å². The van der Waals surface area contributed by atoms with Gasteiger partial charge in [-0.25, -0.2) is 0 Å². The van der Waals surface area contributed by atoms with Crippen molar-refractivity contribution >= 4 is 52.5 Å². The van der Waals surface area contributed by atoms with Crippen LogP contribution >= 0.6 is 35.0 Å². The Morgan fingerprint density at radius 1 is 1.13 bits per heavy atom. The highest BCUT2D eigenvalue weighted by Crippen LogP contribution is 2.55. The molecule has 2 aliphatic heterocycles. The number of amides is 2. The van der Waals surface area contributed by atoms with E-state index in [0.717, 1.165) is 48.3 Å². The van der Waals surface area contributed by atoms with E-state index in [0.29, 0.717) is 23.1 Å². The fourth-order valence-corrected chi connectivity index (χ4v) is 6.78. The fourth-order valence-electron chi connectivity index (χ4n) is 4.96. The van der Waals surface area contributed by atoms with E-state index < -0.39 is 4.87 Å². The van der Waals surface area contributed by atoms with E-state index in [-0.39, 0.29) is 17.7 Å². The van der Waals surface area contributed by atoms with Crippen LogP contribution in [0.15, 0.2) is 42.5 Å². The number of halogens is 2. The molecule has 1 spiro atoms. The Balaban J connectivity index is 1.59. The van der Waals surface area contributed by atoms with Crippen molar-refractivity contribution in [3.8, 4) is 0 Å². The number of benzene rings is 2. The van der Waals surface area contributed by atoms with Crippen LogP contribution in [0.4, 0.5) is 5.69 Å². The van der Waals surface area contributed by atoms with E-state index in [1.165, 1.54) is 0 Å². The molecule has 7 heteroatoms. The zero-order valence-electron chi connectivity index (χ0n) is 16.4. The van der Waals surface area contributed by atoms with Crippen molar-refractivity contribution < 1.29 is 9.59 Å². The smallest absolute Gasteiger partial charge is 0.268 e. The van der Waals surface area contributed by atoms with Crippen molar-refractivity contribution in [1.29, 1.82) is 0 Å². The summed E-state index contributed by atoms with van der Waals surface area (Å²) >= 11 is 14.3. The third-order valence-corrected chi connectivity index (χ3v) is 8.44. The number of carbonyl (C=O) groups is 2. The molecule has 0 aromatic heterocycles. The first-order valence-electron chi connectivity index (χ1n) is 10.3. The van der Waals surface area contributed by atoms with Gasteiger partial charge in [0.05, 0.1) is 12.2 Å². The number of hydrogen-bond donors (Lipinski definition) is 0. The lowest BCUT2D eigenvalue weighted by Gasteiger charge is -2.35. The van der Waals surface area contributed by atoms with E-state index >= 15 is 0 Å². The second-order valence-corrected chi connectivity index (χ2v) is 10.2. The molecule has 0 N–H and O–H groups in total. The van der Waals surface area contributed by atoms with Gasteiger partial charge in [-0.15, -0.1) is 11.8 Å². The molecule has 0 unspecified atom stereocenters. The average Bonchev–Trinajstić information content (AvgIpc) is 3.47. The van der Waals surface area contributed by atoms with Crippen molar-refractivity contribution in [3.05, 3.63) is 63.6 Å². The van der Waals surface area contributed by atoms with Crippen molar-refractivity contribution in [1.82, 2.24) is 4.90 Å². The summed E-state index contributed by atoms with van der Waals surface area (Å²) in [7, 11) is 0. The Bertz CT molecular complexity index is 1020. The molecule has 1 saturated carbocycles. The average molecular weight is 461 g/mol. The van der Waals surface area contributed by atoms with Crippen molar-refractivity contribution in [2.45, 2.75) is 37.1 Å². The maximum absolute atomic E-state index is 14.0. The minimum absolute atomic E-state index is 0.0219. The number of anilines is 1. The second kappa shape index (κ2) is 7.77. The number of nitrogens with zero attached hydrogens (tertiary/aromatic N) is 2. The predicted molar refractivity (Wildman–Crippen MR) is 122 cm³/mol. The molecule has 2 fully saturated rings. The first-order valence-corrected chi connectivity index (χ1v) is 12.1. The molecule has 156 valence electrons. The minimum Gasteiger partial charge on any atom is -0.315 e. The molecule has 5 rings (SSSR count). The molecule has 0 bridgehead atoms. The van der Waals surface area contributed by atoms with E-state index in [2.05, 4.69) is 0 Å². The number of fused-ring (bicyclic) bond motifs is 2.